The predicted octanol–water partition coefficient (Wildman–Crippen LogP) is 2.28. The SMILES string of the molecule is CCCCn1c(N)c(N(Cc2cccc(C(=O)O)c2)CC(C)C)c(=O)[nH]c1=O. The van der Waals surface area contributed by atoms with Crippen molar-refractivity contribution in [2.45, 2.75) is 46.7 Å². The van der Waals surface area contributed by atoms with Gasteiger partial charge in [-0.2, -0.15) is 0 Å². The normalized spacial score (nSPS) is 11.0. The molecule has 0 atom stereocenters. The number of benzene rings is 1. The number of carboxylic acids is 1. The Morgan fingerprint density at radius 2 is 2.04 bits per heavy atom. The number of rotatable bonds is 9. The molecule has 2 aromatic rings. The number of nitrogens with zero attached hydrogens (tertiary/aromatic N) is 2. The number of aromatic carboxylic acids is 1. The summed E-state index contributed by atoms with van der Waals surface area (Å²) in [7, 11) is 0. The summed E-state index contributed by atoms with van der Waals surface area (Å²) in [6.45, 7) is 7.29. The highest BCUT2D eigenvalue weighted by Crippen LogP contribution is 2.21. The lowest BCUT2D eigenvalue weighted by Crippen LogP contribution is -2.39. The van der Waals surface area contributed by atoms with Crippen LogP contribution in [-0.4, -0.2) is 27.2 Å². The molecular formula is C20H28N4O4. The summed E-state index contributed by atoms with van der Waals surface area (Å²) >= 11 is 0. The van der Waals surface area contributed by atoms with Crippen molar-refractivity contribution in [2.24, 2.45) is 5.92 Å². The van der Waals surface area contributed by atoms with Gasteiger partial charge >= 0.3 is 11.7 Å². The van der Waals surface area contributed by atoms with Crippen LogP contribution in [0, 0.1) is 5.92 Å². The smallest absolute Gasteiger partial charge is 0.335 e. The van der Waals surface area contributed by atoms with Gasteiger partial charge in [0, 0.05) is 19.6 Å². The van der Waals surface area contributed by atoms with E-state index in [4.69, 9.17) is 5.73 Å². The van der Waals surface area contributed by atoms with Crippen LogP contribution in [0.4, 0.5) is 11.5 Å². The lowest BCUT2D eigenvalue weighted by Gasteiger charge is -2.28. The Labute approximate surface area is 163 Å². The molecule has 0 aliphatic rings. The van der Waals surface area contributed by atoms with E-state index in [0.717, 1.165) is 18.4 Å². The first-order valence-corrected chi connectivity index (χ1v) is 9.44. The van der Waals surface area contributed by atoms with Crippen molar-refractivity contribution in [2.75, 3.05) is 17.2 Å². The molecule has 0 unspecified atom stereocenters. The molecule has 152 valence electrons. The molecular weight excluding hydrogens is 360 g/mol. The molecule has 8 nitrogen and oxygen atoms in total. The molecule has 1 aromatic heterocycles. The minimum absolute atomic E-state index is 0.136. The number of aromatic nitrogens is 2. The highest BCUT2D eigenvalue weighted by atomic mass is 16.4. The van der Waals surface area contributed by atoms with Gasteiger partial charge in [0.2, 0.25) is 0 Å². The van der Waals surface area contributed by atoms with E-state index in [1.165, 1.54) is 10.6 Å². The third-order valence-corrected chi connectivity index (χ3v) is 4.40. The number of nitrogen functional groups attached to an aromatic ring is 1. The van der Waals surface area contributed by atoms with Crippen LogP contribution in [-0.2, 0) is 13.1 Å². The molecule has 0 amide bonds. The first-order valence-electron chi connectivity index (χ1n) is 9.44. The molecule has 0 saturated heterocycles. The Bertz CT molecular complexity index is 946. The van der Waals surface area contributed by atoms with Crippen LogP contribution in [0.15, 0.2) is 33.9 Å². The molecule has 0 radical (unpaired) electrons. The van der Waals surface area contributed by atoms with Crippen LogP contribution in [0.25, 0.3) is 0 Å². The lowest BCUT2D eigenvalue weighted by atomic mass is 10.1. The van der Waals surface area contributed by atoms with E-state index in [1.54, 1.807) is 18.2 Å². The molecule has 0 spiro atoms. The highest BCUT2D eigenvalue weighted by molar-refractivity contribution is 5.87. The molecule has 2 rings (SSSR count). The fourth-order valence-electron chi connectivity index (χ4n) is 3.12. The van der Waals surface area contributed by atoms with Crippen molar-refractivity contribution < 1.29 is 9.90 Å². The van der Waals surface area contributed by atoms with Crippen LogP contribution in [0.3, 0.4) is 0 Å². The van der Waals surface area contributed by atoms with E-state index in [1.807, 2.05) is 25.7 Å². The molecule has 8 heteroatoms. The quantitative estimate of drug-likeness (QED) is 0.606. The molecule has 0 bridgehead atoms. The van der Waals surface area contributed by atoms with Gasteiger partial charge in [0.1, 0.15) is 11.5 Å². The van der Waals surface area contributed by atoms with E-state index in [2.05, 4.69) is 4.98 Å². The number of unbranched alkanes of at least 4 members (excludes halogenated alkanes) is 1. The topological polar surface area (TPSA) is 121 Å². The van der Waals surface area contributed by atoms with Crippen LogP contribution in [0.5, 0.6) is 0 Å². The molecule has 1 aromatic carbocycles. The largest absolute Gasteiger partial charge is 0.478 e. The monoisotopic (exact) mass is 388 g/mol. The molecule has 28 heavy (non-hydrogen) atoms. The van der Waals surface area contributed by atoms with Crippen LogP contribution in [0.2, 0.25) is 0 Å². The number of carbonyl (C=O) groups is 1. The minimum atomic E-state index is -1.01. The second-order valence-electron chi connectivity index (χ2n) is 7.28. The van der Waals surface area contributed by atoms with Crippen molar-refractivity contribution in [1.29, 1.82) is 0 Å². The maximum Gasteiger partial charge on any atom is 0.335 e. The number of hydrogen-bond donors (Lipinski definition) is 3. The third kappa shape index (κ3) is 5.03. The summed E-state index contributed by atoms with van der Waals surface area (Å²) < 4.78 is 1.39. The van der Waals surface area contributed by atoms with E-state index in [-0.39, 0.29) is 23.0 Å². The predicted molar refractivity (Wildman–Crippen MR) is 110 cm³/mol. The minimum Gasteiger partial charge on any atom is -0.478 e. The Kier molecular flexibility index (Phi) is 7.03. The van der Waals surface area contributed by atoms with Gasteiger partial charge in [-0.3, -0.25) is 14.3 Å². The van der Waals surface area contributed by atoms with E-state index >= 15 is 0 Å². The molecule has 0 saturated carbocycles. The van der Waals surface area contributed by atoms with Crippen LogP contribution < -0.4 is 21.9 Å². The highest BCUT2D eigenvalue weighted by Gasteiger charge is 2.20. The first-order chi connectivity index (χ1) is 13.2. The van der Waals surface area contributed by atoms with Crippen LogP contribution >= 0.6 is 0 Å². The van der Waals surface area contributed by atoms with Gasteiger partial charge in [-0.1, -0.05) is 39.3 Å². The number of carboxylic acid groups (broad SMARTS) is 1. The zero-order valence-electron chi connectivity index (χ0n) is 16.6. The number of aromatic amines is 1. The Balaban J connectivity index is 2.51. The maximum atomic E-state index is 12.6. The second-order valence-corrected chi connectivity index (χ2v) is 7.28. The van der Waals surface area contributed by atoms with Gasteiger partial charge in [-0.05, 0) is 30.0 Å². The summed E-state index contributed by atoms with van der Waals surface area (Å²) in [5.74, 6) is -0.655. The second kappa shape index (κ2) is 9.25. The van der Waals surface area contributed by atoms with Gasteiger partial charge in [0.05, 0.1) is 5.56 Å². The van der Waals surface area contributed by atoms with Gasteiger partial charge in [-0.15, -0.1) is 0 Å². The van der Waals surface area contributed by atoms with Gasteiger partial charge in [0.25, 0.3) is 5.56 Å². The van der Waals surface area contributed by atoms with E-state index in [0.29, 0.717) is 19.6 Å². The summed E-state index contributed by atoms with van der Waals surface area (Å²) in [4.78, 5) is 40.2. The average Bonchev–Trinajstić information content (AvgIpc) is 2.61. The molecule has 0 fully saturated rings. The molecule has 4 N–H and O–H groups in total. The zero-order chi connectivity index (χ0) is 20.8. The number of nitrogens with one attached hydrogen (secondary N) is 1. The number of hydrogen-bond acceptors (Lipinski definition) is 5. The maximum absolute atomic E-state index is 12.6. The van der Waals surface area contributed by atoms with Gasteiger partial charge in [0.15, 0.2) is 0 Å². The van der Waals surface area contributed by atoms with Gasteiger partial charge in [-0.25, -0.2) is 9.59 Å². The van der Waals surface area contributed by atoms with Gasteiger partial charge < -0.3 is 15.7 Å². The Hall–Kier alpha value is -3.03. The van der Waals surface area contributed by atoms with Crippen molar-refractivity contribution in [3.8, 4) is 0 Å². The first kappa shape index (κ1) is 21.3. The van der Waals surface area contributed by atoms with Crippen molar-refractivity contribution in [3.05, 3.63) is 56.2 Å². The lowest BCUT2D eigenvalue weighted by molar-refractivity contribution is 0.0696. The average molecular weight is 388 g/mol. The molecule has 1 heterocycles. The van der Waals surface area contributed by atoms with Crippen molar-refractivity contribution in [3.63, 3.8) is 0 Å². The molecule has 0 aliphatic heterocycles. The van der Waals surface area contributed by atoms with E-state index < -0.39 is 17.2 Å². The summed E-state index contributed by atoms with van der Waals surface area (Å²) in [6.07, 6.45) is 1.65. The summed E-state index contributed by atoms with van der Waals surface area (Å²) in [6, 6.07) is 6.57. The Morgan fingerprint density at radius 1 is 1.32 bits per heavy atom. The Morgan fingerprint density at radius 3 is 2.64 bits per heavy atom. The fourth-order valence-corrected chi connectivity index (χ4v) is 3.12. The number of H-pyrrole nitrogens is 1. The zero-order valence-corrected chi connectivity index (χ0v) is 16.6. The summed E-state index contributed by atoms with van der Waals surface area (Å²) in [5, 5.41) is 9.22. The van der Waals surface area contributed by atoms with Crippen LogP contribution in [0.1, 0.15) is 49.5 Å². The van der Waals surface area contributed by atoms with Crippen molar-refractivity contribution >= 4 is 17.5 Å². The van der Waals surface area contributed by atoms with E-state index in [9.17, 15) is 19.5 Å². The standard InChI is InChI=1S/C20H28N4O4/c1-4-5-9-24-17(21)16(18(25)22-20(24)28)23(11-13(2)3)12-14-7-6-8-15(10-14)19(26)27/h6-8,10,13H,4-5,9,11-12,21H2,1-3H3,(H,26,27)(H,22,25,28). The fraction of sp³-hybridized carbons (Fsp3) is 0.450. The number of nitrogens with two attached hydrogens (primary N) is 1. The van der Waals surface area contributed by atoms with Crippen molar-refractivity contribution in [1.82, 2.24) is 9.55 Å². The third-order valence-electron chi connectivity index (χ3n) is 4.40. The number of anilines is 2. The molecule has 0 aliphatic carbocycles. The summed E-state index contributed by atoms with van der Waals surface area (Å²) in [5.41, 5.74) is 6.35.